The molecule has 0 fully saturated rings. The van der Waals surface area contributed by atoms with E-state index in [9.17, 15) is 26.4 Å². The molecule has 0 saturated heterocycles. The second kappa shape index (κ2) is 8.58. The molecule has 0 atom stereocenters. The van der Waals surface area contributed by atoms with Crippen molar-refractivity contribution in [2.75, 3.05) is 10.0 Å². The van der Waals surface area contributed by atoms with Gasteiger partial charge in [0.15, 0.2) is 0 Å². The molecule has 0 radical (unpaired) electrons. The Balaban J connectivity index is 1.76. The second-order valence-electron chi connectivity index (χ2n) is 6.42. The first-order valence-corrected chi connectivity index (χ1v) is 10.4. The zero-order valence-electron chi connectivity index (χ0n) is 15.5. The number of halogens is 3. The van der Waals surface area contributed by atoms with Crippen LogP contribution in [0, 0.1) is 0 Å². The van der Waals surface area contributed by atoms with Crippen molar-refractivity contribution >= 4 is 27.3 Å². The first kappa shape index (κ1) is 21.4. The van der Waals surface area contributed by atoms with Crippen LogP contribution in [-0.2, 0) is 22.0 Å². The molecule has 30 heavy (non-hydrogen) atoms. The van der Waals surface area contributed by atoms with E-state index in [-0.39, 0.29) is 22.7 Å². The number of rotatable bonds is 6. The van der Waals surface area contributed by atoms with E-state index in [1.54, 1.807) is 42.5 Å². The maximum absolute atomic E-state index is 12.7. The van der Waals surface area contributed by atoms with E-state index >= 15 is 0 Å². The summed E-state index contributed by atoms with van der Waals surface area (Å²) in [6.07, 6.45) is -4.50. The van der Waals surface area contributed by atoms with Gasteiger partial charge in [-0.1, -0.05) is 42.5 Å². The Labute approximate surface area is 171 Å². The second-order valence-corrected chi connectivity index (χ2v) is 8.14. The normalized spacial score (nSPS) is 11.7. The van der Waals surface area contributed by atoms with E-state index in [4.69, 9.17) is 0 Å². The Morgan fingerprint density at radius 2 is 1.37 bits per heavy atom. The van der Waals surface area contributed by atoms with Crippen molar-refractivity contribution in [2.24, 2.45) is 0 Å². The highest BCUT2D eigenvalue weighted by Gasteiger charge is 2.30. The highest BCUT2D eigenvalue weighted by molar-refractivity contribution is 7.91. The summed E-state index contributed by atoms with van der Waals surface area (Å²) in [6.45, 7) is 0. The first-order chi connectivity index (χ1) is 14.1. The molecule has 0 aromatic heterocycles. The molecule has 3 aromatic rings. The molecular formula is C21H17F3N2O3S. The summed E-state index contributed by atoms with van der Waals surface area (Å²) < 4.78 is 65.4. The Bertz CT molecular complexity index is 1130. The maximum Gasteiger partial charge on any atom is 0.416 e. The molecule has 9 heteroatoms. The zero-order chi connectivity index (χ0) is 21.8. The minimum absolute atomic E-state index is 0.00458. The maximum atomic E-state index is 12.7. The van der Waals surface area contributed by atoms with Crippen molar-refractivity contribution in [3.05, 3.63) is 95.6 Å². The lowest BCUT2D eigenvalue weighted by Crippen LogP contribution is -2.18. The Kier molecular flexibility index (Phi) is 6.12. The predicted octanol–water partition coefficient (Wildman–Crippen LogP) is 4.90. The first-order valence-electron chi connectivity index (χ1n) is 8.76. The number of carbonyl (C=O) groups is 1. The van der Waals surface area contributed by atoms with Crippen LogP contribution in [0.25, 0.3) is 0 Å². The molecule has 1 amide bonds. The third-order valence-electron chi connectivity index (χ3n) is 4.11. The molecular weight excluding hydrogens is 417 g/mol. The number of carbonyl (C=O) groups excluding carboxylic acids is 1. The van der Waals surface area contributed by atoms with E-state index in [1.165, 1.54) is 12.1 Å². The average Bonchev–Trinajstić information content (AvgIpc) is 2.69. The van der Waals surface area contributed by atoms with Gasteiger partial charge >= 0.3 is 6.18 Å². The van der Waals surface area contributed by atoms with E-state index < -0.39 is 27.7 Å². The van der Waals surface area contributed by atoms with Crippen molar-refractivity contribution < 1.29 is 26.4 Å². The van der Waals surface area contributed by atoms with Gasteiger partial charge in [-0.2, -0.15) is 13.2 Å². The van der Waals surface area contributed by atoms with Gasteiger partial charge in [0.2, 0.25) is 10.0 Å². The number of nitrogens with one attached hydrogen (secondary N) is 2. The van der Waals surface area contributed by atoms with Crippen LogP contribution in [0.2, 0.25) is 0 Å². The highest BCUT2D eigenvalue weighted by atomic mass is 32.2. The number of hydrogen-bond donors (Lipinski definition) is 2. The topological polar surface area (TPSA) is 75.3 Å². The summed E-state index contributed by atoms with van der Waals surface area (Å²) in [7, 11) is -3.76. The van der Waals surface area contributed by atoms with Gasteiger partial charge in [0.1, 0.15) is 0 Å². The van der Waals surface area contributed by atoms with Crippen LogP contribution in [0.5, 0.6) is 0 Å². The number of anilines is 2. The van der Waals surface area contributed by atoms with Gasteiger partial charge in [-0.05, 0) is 42.0 Å². The number of benzene rings is 3. The lowest BCUT2D eigenvalue weighted by Gasteiger charge is -2.14. The fourth-order valence-corrected chi connectivity index (χ4v) is 3.90. The molecule has 0 aliphatic heterocycles. The quantitative estimate of drug-likeness (QED) is 0.580. The lowest BCUT2D eigenvalue weighted by atomic mass is 10.1. The smallest absolute Gasteiger partial charge is 0.320 e. The molecule has 0 bridgehead atoms. The minimum Gasteiger partial charge on any atom is -0.320 e. The molecule has 2 N–H and O–H groups in total. The van der Waals surface area contributed by atoms with Gasteiger partial charge in [0.25, 0.3) is 5.91 Å². The van der Waals surface area contributed by atoms with Crippen molar-refractivity contribution in [3.63, 3.8) is 0 Å². The molecule has 3 aromatic carbocycles. The minimum atomic E-state index is -4.50. The fraction of sp³-hybridized carbons (Fsp3) is 0.0952. The van der Waals surface area contributed by atoms with E-state index in [1.807, 2.05) is 0 Å². The van der Waals surface area contributed by atoms with Crippen molar-refractivity contribution in [1.82, 2.24) is 0 Å². The number of alkyl halides is 3. The number of sulfonamides is 1. The van der Waals surface area contributed by atoms with E-state index in [0.29, 0.717) is 5.56 Å². The Hall–Kier alpha value is -3.33. The van der Waals surface area contributed by atoms with Crippen LogP contribution >= 0.6 is 0 Å². The van der Waals surface area contributed by atoms with Crippen molar-refractivity contribution in [3.8, 4) is 0 Å². The standard InChI is InChI=1S/C21H17F3N2O3S/c22-21(23,24)17-12-10-16(11-13-17)20(27)25-18-8-4-5-9-19(18)26-30(28,29)14-15-6-2-1-3-7-15/h1-13,26H,14H2,(H,25,27). The molecule has 156 valence electrons. The SMILES string of the molecule is O=C(Nc1ccccc1NS(=O)(=O)Cc1ccccc1)c1ccc(C(F)(F)F)cc1. The summed E-state index contributed by atoms with van der Waals surface area (Å²) in [5.74, 6) is -0.923. The molecule has 3 rings (SSSR count). The molecule has 0 heterocycles. The van der Waals surface area contributed by atoms with Gasteiger partial charge in [-0.3, -0.25) is 9.52 Å². The third kappa shape index (κ3) is 5.60. The molecule has 0 unspecified atom stereocenters. The molecule has 0 aliphatic carbocycles. The zero-order valence-corrected chi connectivity index (χ0v) is 16.3. The lowest BCUT2D eigenvalue weighted by molar-refractivity contribution is -0.137. The summed E-state index contributed by atoms with van der Waals surface area (Å²) >= 11 is 0. The fourth-order valence-electron chi connectivity index (χ4n) is 2.68. The number of amides is 1. The van der Waals surface area contributed by atoms with Crippen LogP contribution in [0.15, 0.2) is 78.9 Å². The van der Waals surface area contributed by atoms with Gasteiger partial charge in [0.05, 0.1) is 22.7 Å². The molecule has 0 saturated carbocycles. The summed E-state index contributed by atoms with van der Waals surface area (Å²) in [4.78, 5) is 12.4. The highest BCUT2D eigenvalue weighted by Crippen LogP contribution is 2.29. The largest absolute Gasteiger partial charge is 0.416 e. The van der Waals surface area contributed by atoms with Crippen LogP contribution in [0.3, 0.4) is 0 Å². The van der Waals surface area contributed by atoms with Gasteiger partial charge in [0, 0.05) is 5.56 Å². The molecule has 0 spiro atoms. The van der Waals surface area contributed by atoms with Crippen LogP contribution in [-0.4, -0.2) is 14.3 Å². The monoisotopic (exact) mass is 434 g/mol. The van der Waals surface area contributed by atoms with Gasteiger partial charge < -0.3 is 5.32 Å². The Morgan fingerprint density at radius 1 is 0.800 bits per heavy atom. The third-order valence-corrected chi connectivity index (χ3v) is 5.36. The summed E-state index contributed by atoms with van der Waals surface area (Å²) in [6, 6.07) is 18.5. The van der Waals surface area contributed by atoms with Gasteiger partial charge in [-0.15, -0.1) is 0 Å². The van der Waals surface area contributed by atoms with E-state index in [2.05, 4.69) is 10.0 Å². The summed E-state index contributed by atoms with van der Waals surface area (Å²) in [5.41, 5.74) is 0.0575. The van der Waals surface area contributed by atoms with Crippen molar-refractivity contribution in [2.45, 2.75) is 11.9 Å². The van der Waals surface area contributed by atoms with Crippen molar-refractivity contribution in [1.29, 1.82) is 0 Å². The number of hydrogen-bond acceptors (Lipinski definition) is 3. The summed E-state index contributed by atoms with van der Waals surface area (Å²) in [5, 5.41) is 2.52. The average molecular weight is 434 g/mol. The van der Waals surface area contributed by atoms with Crippen LogP contribution in [0.1, 0.15) is 21.5 Å². The number of para-hydroxylation sites is 2. The van der Waals surface area contributed by atoms with Crippen LogP contribution < -0.4 is 10.0 Å². The molecule has 5 nitrogen and oxygen atoms in total. The Morgan fingerprint density at radius 3 is 1.97 bits per heavy atom. The predicted molar refractivity (Wildman–Crippen MR) is 109 cm³/mol. The van der Waals surface area contributed by atoms with Gasteiger partial charge in [-0.25, -0.2) is 8.42 Å². The van der Waals surface area contributed by atoms with Crippen LogP contribution in [0.4, 0.5) is 24.5 Å². The molecule has 0 aliphatic rings. The van der Waals surface area contributed by atoms with E-state index in [0.717, 1.165) is 24.3 Å².